The molecule has 0 aromatic heterocycles. The highest BCUT2D eigenvalue weighted by atomic mass is 32.2. The van der Waals surface area contributed by atoms with Gasteiger partial charge in [0, 0.05) is 11.3 Å². The molecule has 0 radical (unpaired) electrons. The normalized spacial score (nSPS) is 24.9. The second-order valence-electron chi connectivity index (χ2n) is 4.21. The van der Waals surface area contributed by atoms with Gasteiger partial charge >= 0.3 is 0 Å². The van der Waals surface area contributed by atoms with E-state index in [9.17, 15) is 0 Å². The lowest BCUT2D eigenvalue weighted by molar-refractivity contribution is 0.437. The van der Waals surface area contributed by atoms with Crippen LogP contribution < -0.4 is 5.32 Å². The fourth-order valence-corrected chi connectivity index (χ4v) is 3.66. The van der Waals surface area contributed by atoms with Crippen molar-refractivity contribution in [3.63, 3.8) is 0 Å². The Labute approximate surface area is 93.4 Å². The van der Waals surface area contributed by atoms with Crippen LogP contribution >= 0.6 is 11.8 Å². The van der Waals surface area contributed by atoms with E-state index in [0.717, 1.165) is 17.8 Å². The van der Waals surface area contributed by atoms with Gasteiger partial charge in [-0.25, -0.2) is 0 Å². The van der Waals surface area contributed by atoms with Crippen molar-refractivity contribution in [3.05, 3.63) is 0 Å². The minimum atomic E-state index is 0.783. The maximum atomic E-state index is 3.67. The maximum absolute atomic E-state index is 3.67. The molecule has 1 N–H and O–H groups in total. The summed E-state index contributed by atoms with van der Waals surface area (Å²) in [6.07, 6.45) is 8.42. The quantitative estimate of drug-likeness (QED) is 0.728. The molecule has 2 atom stereocenters. The van der Waals surface area contributed by atoms with Crippen molar-refractivity contribution < 1.29 is 0 Å². The predicted octanol–water partition coefficient (Wildman–Crippen LogP) is 3.44. The molecule has 0 amide bonds. The summed E-state index contributed by atoms with van der Waals surface area (Å²) in [5, 5.41) is 4.56. The van der Waals surface area contributed by atoms with E-state index in [1.807, 2.05) is 0 Å². The third-order valence-electron chi connectivity index (χ3n) is 3.00. The Hall–Kier alpha value is 0.310. The molecule has 2 unspecified atom stereocenters. The SMILES string of the molecule is CCCCC(NCC)C1CCCCS1. The first-order chi connectivity index (χ1) is 6.88. The Bertz CT molecular complexity index is 132. The molecule has 0 aromatic rings. The van der Waals surface area contributed by atoms with E-state index in [1.54, 1.807) is 0 Å². The smallest absolute Gasteiger partial charge is 0.0201 e. The number of unbranched alkanes of at least 4 members (excludes halogenated alkanes) is 1. The number of hydrogen-bond donors (Lipinski definition) is 1. The van der Waals surface area contributed by atoms with Gasteiger partial charge in [-0.1, -0.05) is 33.1 Å². The zero-order valence-corrected chi connectivity index (χ0v) is 10.5. The summed E-state index contributed by atoms with van der Waals surface area (Å²) >= 11 is 2.20. The van der Waals surface area contributed by atoms with Gasteiger partial charge in [-0.2, -0.15) is 11.8 Å². The monoisotopic (exact) mass is 215 g/mol. The molecule has 1 saturated heterocycles. The Balaban J connectivity index is 2.30. The molecule has 2 heteroatoms. The van der Waals surface area contributed by atoms with Crippen molar-refractivity contribution in [1.29, 1.82) is 0 Å². The van der Waals surface area contributed by atoms with Crippen LogP contribution in [-0.2, 0) is 0 Å². The van der Waals surface area contributed by atoms with Crippen molar-refractivity contribution in [3.8, 4) is 0 Å². The Morgan fingerprint density at radius 1 is 1.36 bits per heavy atom. The second-order valence-corrected chi connectivity index (χ2v) is 5.56. The van der Waals surface area contributed by atoms with Gasteiger partial charge in [-0.15, -0.1) is 0 Å². The van der Waals surface area contributed by atoms with Gasteiger partial charge in [0.1, 0.15) is 0 Å². The van der Waals surface area contributed by atoms with E-state index < -0.39 is 0 Å². The van der Waals surface area contributed by atoms with E-state index >= 15 is 0 Å². The summed E-state index contributed by atoms with van der Waals surface area (Å²) < 4.78 is 0. The topological polar surface area (TPSA) is 12.0 Å². The Kier molecular flexibility index (Phi) is 6.70. The van der Waals surface area contributed by atoms with Crippen LogP contribution in [0.3, 0.4) is 0 Å². The number of hydrogen-bond acceptors (Lipinski definition) is 2. The van der Waals surface area contributed by atoms with E-state index in [-0.39, 0.29) is 0 Å². The van der Waals surface area contributed by atoms with Gasteiger partial charge in [0.15, 0.2) is 0 Å². The van der Waals surface area contributed by atoms with Gasteiger partial charge in [0.2, 0.25) is 0 Å². The molecule has 1 rings (SSSR count). The fourth-order valence-electron chi connectivity index (χ4n) is 2.19. The van der Waals surface area contributed by atoms with Crippen LogP contribution in [0.1, 0.15) is 52.4 Å². The van der Waals surface area contributed by atoms with Crippen LogP contribution in [0.15, 0.2) is 0 Å². The van der Waals surface area contributed by atoms with Crippen molar-refractivity contribution in [1.82, 2.24) is 5.32 Å². The lowest BCUT2D eigenvalue weighted by Crippen LogP contribution is -2.39. The molecule has 1 fully saturated rings. The summed E-state index contributed by atoms with van der Waals surface area (Å²) in [7, 11) is 0. The van der Waals surface area contributed by atoms with Gasteiger partial charge in [-0.3, -0.25) is 0 Å². The highest BCUT2D eigenvalue weighted by Gasteiger charge is 2.22. The van der Waals surface area contributed by atoms with Gasteiger partial charge in [0.25, 0.3) is 0 Å². The predicted molar refractivity (Wildman–Crippen MR) is 67.1 cm³/mol. The van der Waals surface area contributed by atoms with Gasteiger partial charge < -0.3 is 5.32 Å². The molecule has 14 heavy (non-hydrogen) atoms. The molecular weight excluding hydrogens is 190 g/mol. The zero-order chi connectivity index (χ0) is 10.2. The Morgan fingerprint density at radius 2 is 2.21 bits per heavy atom. The number of nitrogens with one attached hydrogen (secondary N) is 1. The van der Waals surface area contributed by atoms with Crippen molar-refractivity contribution in [2.45, 2.75) is 63.7 Å². The number of thioether (sulfide) groups is 1. The zero-order valence-electron chi connectivity index (χ0n) is 9.72. The van der Waals surface area contributed by atoms with Crippen LogP contribution in [0.4, 0.5) is 0 Å². The van der Waals surface area contributed by atoms with Crippen molar-refractivity contribution in [2.24, 2.45) is 0 Å². The summed E-state index contributed by atoms with van der Waals surface area (Å²) in [6, 6.07) is 0.783. The number of rotatable bonds is 6. The highest BCUT2D eigenvalue weighted by Crippen LogP contribution is 2.29. The molecule has 0 aromatic carbocycles. The molecule has 0 saturated carbocycles. The first-order valence-corrected chi connectivity index (χ1v) is 7.28. The molecule has 1 nitrogen and oxygen atoms in total. The van der Waals surface area contributed by atoms with Gasteiger partial charge in [-0.05, 0) is 31.6 Å². The van der Waals surface area contributed by atoms with E-state index in [2.05, 4.69) is 30.9 Å². The lowest BCUT2D eigenvalue weighted by Gasteiger charge is -2.30. The van der Waals surface area contributed by atoms with Crippen molar-refractivity contribution in [2.75, 3.05) is 12.3 Å². The second kappa shape index (κ2) is 7.58. The van der Waals surface area contributed by atoms with Crippen LogP contribution in [0.25, 0.3) is 0 Å². The maximum Gasteiger partial charge on any atom is 0.0201 e. The minimum Gasteiger partial charge on any atom is -0.313 e. The summed E-state index contributed by atoms with van der Waals surface area (Å²) in [4.78, 5) is 0. The molecule has 84 valence electrons. The molecular formula is C12H25NS. The fraction of sp³-hybridized carbons (Fsp3) is 1.00. The Morgan fingerprint density at radius 3 is 2.79 bits per heavy atom. The first kappa shape index (κ1) is 12.4. The summed E-state index contributed by atoms with van der Waals surface area (Å²) in [5.41, 5.74) is 0. The molecule has 0 bridgehead atoms. The first-order valence-electron chi connectivity index (χ1n) is 6.23. The molecule has 0 aliphatic carbocycles. The third kappa shape index (κ3) is 4.22. The van der Waals surface area contributed by atoms with Crippen LogP contribution in [-0.4, -0.2) is 23.6 Å². The largest absolute Gasteiger partial charge is 0.313 e. The minimum absolute atomic E-state index is 0.783. The molecule has 1 heterocycles. The molecule has 1 aliphatic rings. The van der Waals surface area contributed by atoms with Crippen LogP contribution in [0.5, 0.6) is 0 Å². The van der Waals surface area contributed by atoms with Crippen LogP contribution in [0.2, 0.25) is 0 Å². The van der Waals surface area contributed by atoms with Gasteiger partial charge in [0.05, 0.1) is 0 Å². The standard InChI is InChI=1S/C12H25NS/c1-3-5-8-11(13-4-2)12-9-6-7-10-14-12/h11-13H,3-10H2,1-2H3. The summed E-state index contributed by atoms with van der Waals surface area (Å²) in [6.45, 7) is 5.65. The average molecular weight is 215 g/mol. The third-order valence-corrected chi connectivity index (χ3v) is 4.52. The molecule has 0 spiro atoms. The summed E-state index contributed by atoms with van der Waals surface area (Å²) in [5.74, 6) is 1.39. The van der Waals surface area contributed by atoms with E-state index in [4.69, 9.17) is 0 Å². The lowest BCUT2D eigenvalue weighted by atomic mass is 10.0. The van der Waals surface area contributed by atoms with Crippen molar-refractivity contribution >= 4 is 11.8 Å². The van der Waals surface area contributed by atoms with E-state index in [1.165, 1.54) is 44.3 Å². The highest BCUT2D eigenvalue weighted by molar-refractivity contribution is 8.00. The van der Waals surface area contributed by atoms with E-state index in [0.29, 0.717) is 0 Å². The molecule has 1 aliphatic heterocycles. The average Bonchev–Trinajstić information content (AvgIpc) is 2.25. The van der Waals surface area contributed by atoms with Crippen LogP contribution in [0, 0.1) is 0 Å².